The third-order valence-corrected chi connectivity index (χ3v) is 4.24. The van der Waals surface area contributed by atoms with Crippen molar-refractivity contribution in [1.82, 2.24) is 19.7 Å². The predicted octanol–water partition coefficient (Wildman–Crippen LogP) is 2.49. The van der Waals surface area contributed by atoms with Crippen molar-refractivity contribution in [3.05, 3.63) is 72.2 Å². The van der Waals surface area contributed by atoms with Crippen LogP contribution in [0.2, 0.25) is 0 Å². The smallest absolute Gasteiger partial charge is 0.0983 e. The Morgan fingerprint density at radius 1 is 1.08 bits per heavy atom. The van der Waals surface area contributed by atoms with Crippen molar-refractivity contribution in [1.29, 1.82) is 0 Å². The van der Waals surface area contributed by atoms with Crippen LogP contribution in [-0.2, 0) is 20.0 Å². The molecule has 3 rings (SSSR count). The topological polar surface area (TPSA) is 60.0 Å². The van der Waals surface area contributed by atoms with E-state index in [4.69, 9.17) is 5.73 Å². The maximum atomic E-state index is 5.83. The molecule has 5 heteroatoms. The molecule has 2 heterocycles. The molecular formula is C20H25N5. The zero-order valence-corrected chi connectivity index (χ0v) is 14.7. The quantitative estimate of drug-likeness (QED) is 0.687. The molecule has 25 heavy (non-hydrogen) atoms. The van der Waals surface area contributed by atoms with Gasteiger partial charge in [-0.1, -0.05) is 30.3 Å². The summed E-state index contributed by atoms with van der Waals surface area (Å²) >= 11 is 0. The highest BCUT2D eigenvalue weighted by Crippen LogP contribution is 2.22. The Balaban J connectivity index is 1.74. The number of nitrogens with two attached hydrogens (primary N) is 1. The van der Waals surface area contributed by atoms with Gasteiger partial charge in [-0.05, 0) is 24.1 Å². The Labute approximate surface area is 149 Å². The Morgan fingerprint density at radius 2 is 1.92 bits per heavy atom. The van der Waals surface area contributed by atoms with Gasteiger partial charge in [0.25, 0.3) is 0 Å². The van der Waals surface area contributed by atoms with Gasteiger partial charge in [0.05, 0.1) is 5.69 Å². The van der Waals surface area contributed by atoms with E-state index in [1.807, 2.05) is 24.0 Å². The molecule has 0 aliphatic heterocycles. The third kappa shape index (κ3) is 4.75. The van der Waals surface area contributed by atoms with Gasteiger partial charge >= 0.3 is 0 Å². The molecule has 0 amide bonds. The van der Waals surface area contributed by atoms with Crippen LogP contribution in [0.1, 0.15) is 11.1 Å². The fourth-order valence-corrected chi connectivity index (χ4v) is 3.02. The minimum atomic E-state index is 0.650. The Morgan fingerprint density at radius 3 is 2.64 bits per heavy atom. The molecule has 0 saturated carbocycles. The lowest BCUT2D eigenvalue weighted by atomic mass is 10.1. The molecule has 2 aromatic heterocycles. The van der Waals surface area contributed by atoms with E-state index in [9.17, 15) is 0 Å². The summed E-state index contributed by atoms with van der Waals surface area (Å²) in [6.45, 7) is 3.33. The highest BCUT2D eigenvalue weighted by molar-refractivity contribution is 5.61. The van der Waals surface area contributed by atoms with Crippen LogP contribution >= 0.6 is 0 Å². The standard InChI is InChI=1S/C20H25N5/c1-24-15-19(20(23-24)18-8-5-11-22-14-18)16-25(13-10-21)12-9-17-6-3-2-4-7-17/h2-8,11,14-15H,9-10,12-13,16,21H2,1H3. The first kappa shape index (κ1) is 17.3. The summed E-state index contributed by atoms with van der Waals surface area (Å²) < 4.78 is 1.87. The normalized spacial score (nSPS) is 11.2. The summed E-state index contributed by atoms with van der Waals surface area (Å²) in [6.07, 6.45) is 6.76. The summed E-state index contributed by atoms with van der Waals surface area (Å²) in [5.41, 5.74) is 10.4. The second kappa shape index (κ2) is 8.55. The lowest BCUT2D eigenvalue weighted by Gasteiger charge is -2.21. The van der Waals surface area contributed by atoms with Gasteiger partial charge < -0.3 is 5.73 Å². The molecule has 130 valence electrons. The zero-order valence-electron chi connectivity index (χ0n) is 14.7. The molecule has 0 aliphatic rings. The maximum absolute atomic E-state index is 5.83. The third-order valence-electron chi connectivity index (χ3n) is 4.24. The van der Waals surface area contributed by atoms with Crippen molar-refractivity contribution in [2.45, 2.75) is 13.0 Å². The molecule has 5 nitrogen and oxygen atoms in total. The first-order valence-electron chi connectivity index (χ1n) is 8.65. The van der Waals surface area contributed by atoms with Gasteiger partial charge in [0.2, 0.25) is 0 Å². The highest BCUT2D eigenvalue weighted by Gasteiger charge is 2.14. The lowest BCUT2D eigenvalue weighted by molar-refractivity contribution is 0.276. The van der Waals surface area contributed by atoms with E-state index < -0.39 is 0 Å². The van der Waals surface area contributed by atoms with Crippen molar-refractivity contribution >= 4 is 0 Å². The maximum Gasteiger partial charge on any atom is 0.0983 e. The molecule has 0 radical (unpaired) electrons. The summed E-state index contributed by atoms with van der Waals surface area (Å²) in [5, 5.41) is 4.63. The lowest BCUT2D eigenvalue weighted by Crippen LogP contribution is -2.31. The second-order valence-corrected chi connectivity index (χ2v) is 6.22. The number of pyridine rings is 1. The average Bonchev–Trinajstić information content (AvgIpc) is 3.02. The van der Waals surface area contributed by atoms with Crippen LogP contribution in [0.25, 0.3) is 11.3 Å². The number of rotatable bonds is 8. The SMILES string of the molecule is Cn1cc(CN(CCN)CCc2ccccc2)c(-c2cccnc2)n1. The van der Waals surface area contributed by atoms with Crippen molar-refractivity contribution in [2.75, 3.05) is 19.6 Å². The van der Waals surface area contributed by atoms with Gasteiger partial charge in [0, 0.05) is 62.9 Å². The van der Waals surface area contributed by atoms with E-state index in [0.717, 1.165) is 37.3 Å². The van der Waals surface area contributed by atoms with Crippen LogP contribution in [0, 0.1) is 0 Å². The molecule has 2 N–H and O–H groups in total. The van der Waals surface area contributed by atoms with E-state index >= 15 is 0 Å². The number of hydrogen-bond donors (Lipinski definition) is 1. The Hall–Kier alpha value is -2.50. The molecule has 0 saturated heterocycles. The molecule has 1 aromatic carbocycles. The van der Waals surface area contributed by atoms with Crippen molar-refractivity contribution in [3.8, 4) is 11.3 Å². The molecule has 0 aliphatic carbocycles. The average molecular weight is 335 g/mol. The zero-order chi connectivity index (χ0) is 17.5. The fraction of sp³-hybridized carbons (Fsp3) is 0.300. The van der Waals surface area contributed by atoms with E-state index in [1.165, 1.54) is 11.1 Å². The van der Waals surface area contributed by atoms with Gasteiger partial charge in [-0.25, -0.2) is 0 Å². The monoisotopic (exact) mass is 335 g/mol. The van der Waals surface area contributed by atoms with Crippen molar-refractivity contribution < 1.29 is 0 Å². The molecular weight excluding hydrogens is 310 g/mol. The van der Waals surface area contributed by atoms with Crippen LogP contribution in [0.5, 0.6) is 0 Å². The predicted molar refractivity (Wildman–Crippen MR) is 101 cm³/mol. The largest absolute Gasteiger partial charge is 0.329 e. The number of nitrogens with zero attached hydrogens (tertiary/aromatic N) is 4. The molecule has 0 bridgehead atoms. The molecule has 0 unspecified atom stereocenters. The van der Waals surface area contributed by atoms with Crippen LogP contribution < -0.4 is 5.73 Å². The molecule has 3 aromatic rings. The molecule has 0 spiro atoms. The summed E-state index contributed by atoms with van der Waals surface area (Å²) in [4.78, 5) is 6.61. The van der Waals surface area contributed by atoms with E-state index in [2.05, 4.69) is 57.6 Å². The Bertz CT molecular complexity index is 767. The van der Waals surface area contributed by atoms with Crippen LogP contribution in [0.15, 0.2) is 61.1 Å². The van der Waals surface area contributed by atoms with Crippen LogP contribution in [-0.4, -0.2) is 39.3 Å². The fourth-order valence-electron chi connectivity index (χ4n) is 3.02. The minimum absolute atomic E-state index is 0.650. The van der Waals surface area contributed by atoms with Gasteiger partial charge in [0.1, 0.15) is 0 Å². The van der Waals surface area contributed by atoms with E-state index in [1.54, 1.807) is 6.20 Å². The van der Waals surface area contributed by atoms with Gasteiger partial charge in [-0.15, -0.1) is 0 Å². The van der Waals surface area contributed by atoms with Gasteiger partial charge in [0.15, 0.2) is 0 Å². The van der Waals surface area contributed by atoms with Gasteiger partial charge in [-0.3, -0.25) is 14.6 Å². The van der Waals surface area contributed by atoms with E-state index in [0.29, 0.717) is 6.54 Å². The number of aromatic nitrogens is 3. The first-order valence-corrected chi connectivity index (χ1v) is 8.65. The summed E-state index contributed by atoms with van der Waals surface area (Å²) in [5.74, 6) is 0. The number of aryl methyl sites for hydroxylation is 1. The minimum Gasteiger partial charge on any atom is -0.329 e. The molecule has 0 fully saturated rings. The van der Waals surface area contributed by atoms with Crippen molar-refractivity contribution in [3.63, 3.8) is 0 Å². The van der Waals surface area contributed by atoms with Crippen LogP contribution in [0.4, 0.5) is 0 Å². The number of benzene rings is 1. The van der Waals surface area contributed by atoms with E-state index in [-0.39, 0.29) is 0 Å². The summed E-state index contributed by atoms with van der Waals surface area (Å²) in [7, 11) is 1.96. The van der Waals surface area contributed by atoms with Crippen LogP contribution in [0.3, 0.4) is 0 Å². The molecule has 0 atom stereocenters. The first-order chi connectivity index (χ1) is 12.3. The summed E-state index contributed by atoms with van der Waals surface area (Å²) in [6, 6.07) is 14.6. The number of hydrogen-bond acceptors (Lipinski definition) is 4. The van der Waals surface area contributed by atoms with Crippen molar-refractivity contribution in [2.24, 2.45) is 12.8 Å². The Kier molecular flexibility index (Phi) is 5.93. The second-order valence-electron chi connectivity index (χ2n) is 6.22. The highest BCUT2D eigenvalue weighted by atomic mass is 15.3. The van der Waals surface area contributed by atoms with Gasteiger partial charge in [-0.2, -0.15) is 5.10 Å².